The van der Waals surface area contributed by atoms with E-state index in [9.17, 15) is 14.4 Å². The highest BCUT2D eigenvalue weighted by molar-refractivity contribution is 6.42. The lowest BCUT2D eigenvalue weighted by atomic mass is 10.3. The SMILES string of the molecule is Cn1c(=O)c2ncn(C(=O)Nc3ccc(Cl)c(Cl)c3)c2n(C)c1=O. The van der Waals surface area contributed by atoms with Crippen molar-refractivity contribution in [3.05, 3.63) is 55.4 Å². The first-order chi connectivity index (χ1) is 11.3. The Labute approximate surface area is 144 Å². The van der Waals surface area contributed by atoms with Crippen LogP contribution in [0.3, 0.4) is 0 Å². The molecule has 0 fully saturated rings. The van der Waals surface area contributed by atoms with E-state index in [-0.39, 0.29) is 16.2 Å². The Morgan fingerprint density at radius 3 is 2.50 bits per heavy atom. The number of carbonyl (C=O) groups is 1. The van der Waals surface area contributed by atoms with Gasteiger partial charge in [-0.25, -0.2) is 19.1 Å². The van der Waals surface area contributed by atoms with E-state index in [1.807, 2.05) is 0 Å². The summed E-state index contributed by atoms with van der Waals surface area (Å²) >= 11 is 11.7. The van der Waals surface area contributed by atoms with E-state index in [0.29, 0.717) is 10.7 Å². The normalized spacial score (nSPS) is 11.0. The molecule has 0 saturated carbocycles. The number of aryl methyl sites for hydroxylation is 1. The summed E-state index contributed by atoms with van der Waals surface area (Å²) in [5, 5.41) is 3.24. The number of fused-ring (bicyclic) bond motifs is 1. The molecule has 0 aliphatic rings. The molecule has 0 radical (unpaired) electrons. The summed E-state index contributed by atoms with van der Waals surface area (Å²) in [4.78, 5) is 40.5. The number of benzene rings is 1. The zero-order valence-corrected chi connectivity index (χ0v) is 14.1. The molecule has 0 bridgehead atoms. The van der Waals surface area contributed by atoms with Gasteiger partial charge in [-0.2, -0.15) is 0 Å². The number of nitrogens with zero attached hydrogens (tertiary/aromatic N) is 4. The molecule has 124 valence electrons. The van der Waals surface area contributed by atoms with E-state index >= 15 is 0 Å². The van der Waals surface area contributed by atoms with Crippen LogP contribution in [0.25, 0.3) is 11.2 Å². The number of hydrogen-bond donors (Lipinski definition) is 1. The molecule has 3 aromatic rings. The number of halogens is 2. The Morgan fingerprint density at radius 2 is 1.83 bits per heavy atom. The monoisotopic (exact) mass is 367 g/mol. The molecule has 2 aromatic heterocycles. The van der Waals surface area contributed by atoms with Gasteiger partial charge in [0.05, 0.1) is 10.0 Å². The zero-order valence-electron chi connectivity index (χ0n) is 12.6. The molecular weight excluding hydrogens is 357 g/mol. The zero-order chi connectivity index (χ0) is 17.6. The van der Waals surface area contributed by atoms with E-state index in [1.54, 1.807) is 6.07 Å². The van der Waals surface area contributed by atoms with Crippen molar-refractivity contribution in [3.63, 3.8) is 0 Å². The van der Waals surface area contributed by atoms with Gasteiger partial charge in [0.25, 0.3) is 5.56 Å². The van der Waals surface area contributed by atoms with Gasteiger partial charge in [-0.05, 0) is 18.2 Å². The summed E-state index contributed by atoms with van der Waals surface area (Å²) in [5.74, 6) is 0. The third-order valence-electron chi connectivity index (χ3n) is 3.53. The van der Waals surface area contributed by atoms with Crippen molar-refractivity contribution in [2.75, 3.05) is 5.32 Å². The molecule has 0 atom stereocenters. The fourth-order valence-corrected chi connectivity index (χ4v) is 2.58. The molecule has 1 N–H and O–H groups in total. The first-order valence-electron chi connectivity index (χ1n) is 6.70. The molecule has 8 nitrogen and oxygen atoms in total. The van der Waals surface area contributed by atoms with Crippen LogP contribution >= 0.6 is 23.2 Å². The standard InChI is InChI=1S/C14H11Cl2N5O3/c1-19-11-10(12(22)20(2)14(19)24)17-6-21(11)13(23)18-7-3-4-8(15)9(16)5-7/h3-6H,1-2H3,(H,18,23). The van der Waals surface area contributed by atoms with Crippen LogP contribution in [0.5, 0.6) is 0 Å². The van der Waals surface area contributed by atoms with Crippen LogP contribution in [0.1, 0.15) is 0 Å². The molecule has 0 aliphatic carbocycles. The maximum absolute atomic E-state index is 12.5. The average molecular weight is 368 g/mol. The molecule has 0 unspecified atom stereocenters. The highest BCUT2D eigenvalue weighted by Gasteiger charge is 2.18. The van der Waals surface area contributed by atoms with Crippen molar-refractivity contribution in [1.29, 1.82) is 0 Å². The summed E-state index contributed by atoms with van der Waals surface area (Å²) in [7, 11) is 2.80. The van der Waals surface area contributed by atoms with E-state index < -0.39 is 17.3 Å². The Morgan fingerprint density at radius 1 is 1.12 bits per heavy atom. The lowest BCUT2D eigenvalue weighted by Gasteiger charge is -2.09. The molecule has 2 heterocycles. The predicted octanol–water partition coefficient (Wildman–Crippen LogP) is 1.82. The van der Waals surface area contributed by atoms with Gasteiger partial charge in [0.15, 0.2) is 11.2 Å². The third-order valence-corrected chi connectivity index (χ3v) is 4.27. The second-order valence-electron chi connectivity index (χ2n) is 5.05. The maximum atomic E-state index is 12.5. The minimum absolute atomic E-state index is 0.0175. The lowest BCUT2D eigenvalue weighted by Crippen LogP contribution is -2.38. The Balaban J connectivity index is 2.09. The van der Waals surface area contributed by atoms with Gasteiger partial charge >= 0.3 is 11.7 Å². The summed E-state index contributed by atoms with van der Waals surface area (Å²) < 4.78 is 3.19. The highest BCUT2D eigenvalue weighted by Crippen LogP contribution is 2.25. The van der Waals surface area contributed by atoms with Crippen molar-refractivity contribution in [1.82, 2.24) is 18.7 Å². The van der Waals surface area contributed by atoms with Crippen molar-refractivity contribution in [2.24, 2.45) is 14.1 Å². The van der Waals surface area contributed by atoms with Crippen LogP contribution in [0.2, 0.25) is 10.0 Å². The Bertz CT molecular complexity index is 1100. The van der Waals surface area contributed by atoms with Gasteiger partial charge < -0.3 is 5.32 Å². The van der Waals surface area contributed by atoms with Gasteiger partial charge in [0, 0.05) is 19.8 Å². The molecule has 0 aliphatic heterocycles. The maximum Gasteiger partial charge on any atom is 0.332 e. The van der Waals surface area contributed by atoms with E-state index in [2.05, 4.69) is 10.3 Å². The van der Waals surface area contributed by atoms with Crippen LogP contribution in [0.4, 0.5) is 10.5 Å². The molecule has 1 amide bonds. The second kappa shape index (κ2) is 5.81. The molecule has 1 aromatic carbocycles. The number of carbonyl (C=O) groups excluding carboxylic acids is 1. The summed E-state index contributed by atoms with van der Waals surface area (Å²) in [6.07, 6.45) is 1.18. The number of anilines is 1. The largest absolute Gasteiger partial charge is 0.332 e. The van der Waals surface area contributed by atoms with Crippen LogP contribution in [0, 0.1) is 0 Å². The number of imidazole rings is 1. The molecule has 24 heavy (non-hydrogen) atoms. The average Bonchev–Trinajstić information content (AvgIpc) is 2.99. The molecule has 0 spiro atoms. The Kier molecular flexibility index (Phi) is 3.94. The van der Waals surface area contributed by atoms with Gasteiger partial charge in [-0.1, -0.05) is 23.2 Å². The van der Waals surface area contributed by atoms with E-state index in [1.165, 1.54) is 37.1 Å². The minimum Gasteiger partial charge on any atom is -0.307 e. The molecule has 0 saturated heterocycles. The molecule has 10 heteroatoms. The number of rotatable bonds is 1. The van der Waals surface area contributed by atoms with Gasteiger partial charge in [0.2, 0.25) is 0 Å². The number of aromatic nitrogens is 4. The van der Waals surface area contributed by atoms with Gasteiger partial charge in [0.1, 0.15) is 6.33 Å². The predicted molar refractivity (Wildman–Crippen MR) is 91.1 cm³/mol. The smallest absolute Gasteiger partial charge is 0.307 e. The first kappa shape index (κ1) is 16.3. The van der Waals surface area contributed by atoms with Gasteiger partial charge in [-0.15, -0.1) is 0 Å². The highest BCUT2D eigenvalue weighted by atomic mass is 35.5. The Hall–Kier alpha value is -2.58. The van der Waals surface area contributed by atoms with Crippen LogP contribution < -0.4 is 16.6 Å². The quantitative estimate of drug-likeness (QED) is 0.710. The fraction of sp³-hybridized carbons (Fsp3) is 0.143. The van der Waals surface area contributed by atoms with E-state index in [0.717, 1.165) is 9.13 Å². The van der Waals surface area contributed by atoms with E-state index in [4.69, 9.17) is 23.2 Å². The first-order valence-corrected chi connectivity index (χ1v) is 7.46. The second-order valence-corrected chi connectivity index (χ2v) is 5.87. The van der Waals surface area contributed by atoms with Crippen LogP contribution in [-0.4, -0.2) is 24.7 Å². The summed E-state index contributed by atoms with van der Waals surface area (Å²) in [6.45, 7) is 0. The van der Waals surface area contributed by atoms with Crippen molar-refractivity contribution in [2.45, 2.75) is 0 Å². The minimum atomic E-state index is -0.598. The van der Waals surface area contributed by atoms with Crippen LogP contribution in [-0.2, 0) is 14.1 Å². The lowest BCUT2D eigenvalue weighted by molar-refractivity contribution is 0.254. The summed E-state index contributed by atoms with van der Waals surface area (Å²) in [5.41, 5.74) is -0.611. The molecular formula is C14H11Cl2N5O3. The fourth-order valence-electron chi connectivity index (χ4n) is 2.28. The number of nitrogens with one attached hydrogen (secondary N) is 1. The van der Waals surface area contributed by atoms with Gasteiger partial charge in [-0.3, -0.25) is 13.9 Å². The van der Waals surface area contributed by atoms with Crippen LogP contribution in [0.15, 0.2) is 34.1 Å². The number of hydrogen-bond acceptors (Lipinski definition) is 4. The summed E-state index contributed by atoms with van der Waals surface area (Å²) in [6, 6.07) is 4.00. The third kappa shape index (κ3) is 2.49. The van der Waals surface area contributed by atoms with Crippen molar-refractivity contribution < 1.29 is 4.79 Å². The van der Waals surface area contributed by atoms with Crippen molar-refractivity contribution in [3.8, 4) is 0 Å². The topological polar surface area (TPSA) is 90.9 Å². The number of amides is 1. The van der Waals surface area contributed by atoms with Crippen molar-refractivity contribution >= 4 is 46.1 Å². The molecule has 3 rings (SSSR count).